The number of thiazole rings is 1. The normalized spacial score (nSPS) is 14.9. The van der Waals surface area contributed by atoms with Gasteiger partial charge in [-0.3, -0.25) is 9.59 Å². The molecule has 2 aromatic carbocycles. The zero-order valence-electron chi connectivity index (χ0n) is 23.3. The van der Waals surface area contributed by atoms with Crippen molar-refractivity contribution in [2.45, 2.75) is 44.9 Å². The highest BCUT2D eigenvalue weighted by atomic mass is 32.1. The number of anilines is 2. The minimum atomic E-state index is -1.06. The van der Waals surface area contributed by atoms with Gasteiger partial charge in [0, 0.05) is 23.6 Å². The molecule has 0 saturated heterocycles. The van der Waals surface area contributed by atoms with Gasteiger partial charge in [-0.25, -0.2) is 24.1 Å². The number of pyridine rings is 1. The van der Waals surface area contributed by atoms with E-state index in [0.29, 0.717) is 44.3 Å². The Morgan fingerprint density at radius 2 is 1.95 bits per heavy atom. The number of fused-ring (bicyclic) bond motifs is 1. The van der Waals surface area contributed by atoms with Crippen molar-refractivity contribution in [1.82, 2.24) is 9.97 Å². The van der Waals surface area contributed by atoms with Crippen molar-refractivity contribution in [3.8, 4) is 17.7 Å². The van der Waals surface area contributed by atoms with Crippen LogP contribution in [0.1, 0.15) is 54.1 Å². The van der Waals surface area contributed by atoms with Gasteiger partial charge < -0.3 is 14.8 Å². The number of carbonyl (C=O) groups is 3. The average molecular weight is 600 g/mol. The lowest BCUT2D eigenvalue weighted by molar-refractivity contribution is -0.117. The zero-order chi connectivity index (χ0) is 30.3. The molecule has 2 aliphatic carbocycles. The number of nitrogens with zero attached hydrogens (tertiary/aromatic N) is 4. The number of hydrogen-bond acceptors (Lipinski definition) is 9. The Hall–Kier alpha value is -4.89. The van der Waals surface area contributed by atoms with E-state index in [1.807, 2.05) is 0 Å². The van der Waals surface area contributed by atoms with E-state index in [0.717, 1.165) is 18.9 Å². The van der Waals surface area contributed by atoms with Crippen LogP contribution in [-0.4, -0.2) is 34.5 Å². The molecule has 1 N–H and O–H groups in total. The van der Waals surface area contributed by atoms with Gasteiger partial charge in [0.05, 0.1) is 23.8 Å². The SMILES string of the molecule is CCOC(=O)N(C(=O)c1cccc(C2(C#N)CC2)c1C)c1cc(Oc2ccc3nc(NC(=O)C4CC4)sc3n2)ccc1F. The minimum absolute atomic E-state index is 0.0350. The third-order valence-electron chi connectivity index (χ3n) is 7.49. The molecule has 4 aromatic rings. The molecular weight excluding hydrogens is 573 g/mol. The maximum atomic E-state index is 15.3. The van der Waals surface area contributed by atoms with Crippen LogP contribution in [-0.2, 0) is 14.9 Å². The molecule has 10 nitrogen and oxygen atoms in total. The molecule has 2 aromatic heterocycles. The molecule has 0 radical (unpaired) electrons. The molecule has 0 atom stereocenters. The van der Waals surface area contributed by atoms with E-state index < -0.39 is 23.2 Å². The Morgan fingerprint density at radius 3 is 2.65 bits per heavy atom. The van der Waals surface area contributed by atoms with Crippen molar-refractivity contribution in [3.05, 3.63) is 71.0 Å². The van der Waals surface area contributed by atoms with Gasteiger partial charge in [-0.2, -0.15) is 5.26 Å². The van der Waals surface area contributed by atoms with E-state index in [4.69, 9.17) is 9.47 Å². The van der Waals surface area contributed by atoms with Crippen molar-refractivity contribution < 1.29 is 28.2 Å². The standard InChI is InChI=1S/C31H26FN5O5S/c1-3-41-30(40)37(28(39)20-5-4-6-21(17(20)2)31(16-33)13-14-31)24-15-19(9-10-22(24)32)42-25-12-11-23-27(35-25)43-29(34-23)36-26(38)18-7-8-18/h4-6,9-12,15,18H,3,7-8,13-14H2,1-2H3,(H,34,36,38). The predicted octanol–water partition coefficient (Wildman–Crippen LogP) is 6.64. The van der Waals surface area contributed by atoms with E-state index in [1.54, 1.807) is 38.1 Å². The van der Waals surface area contributed by atoms with Crippen LogP contribution in [0.3, 0.4) is 0 Å². The lowest BCUT2D eigenvalue weighted by atomic mass is 9.90. The number of carbonyl (C=O) groups excluding carboxylic acids is 3. The molecule has 2 heterocycles. The molecule has 2 fully saturated rings. The number of aromatic nitrogens is 2. The summed E-state index contributed by atoms with van der Waals surface area (Å²) in [6, 6.07) is 14.2. The third-order valence-corrected chi connectivity index (χ3v) is 8.37. The van der Waals surface area contributed by atoms with E-state index in [1.165, 1.54) is 29.5 Å². The minimum Gasteiger partial charge on any atom is -0.449 e. The largest absolute Gasteiger partial charge is 0.449 e. The summed E-state index contributed by atoms with van der Waals surface area (Å²) in [6.45, 7) is 3.25. The summed E-state index contributed by atoms with van der Waals surface area (Å²) >= 11 is 1.20. The van der Waals surface area contributed by atoms with Crippen LogP contribution in [0.15, 0.2) is 48.5 Å². The first-order chi connectivity index (χ1) is 20.7. The Balaban J connectivity index is 1.30. The Kier molecular flexibility index (Phi) is 7.27. The van der Waals surface area contributed by atoms with Crippen LogP contribution >= 0.6 is 11.3 Å². The van der Waals surface area contributed by atoms with E-state index in [9.17, 15) is 19.6 Å². The second-order valence-corrected chi connectivity index (χ2v) is 11.5. The van der Waals surface area contributed by atoms with Gasteiger partial charge in [0.25, 0.3) is 5.91 Å². The topological polar surface area (TPSA) is 135 Å². The van der Waals surface area contributed by atoms with Gasteiger partial charge in [0.2, 0.25) is 11.8 Å². The number of rotatable bonds is 8. The molecule has 218 valence electrons. The second kappa shape index (κ2) is 11.1. The molecule has 3 amide bonds. The van der Waals surface area contributed by atoms with Crippen LogP contribution in [0.5, 0.6) is 11.6 Å². The van der Waals surface area contributed by atoms with Crippen LogP contribution in [0, 0.1) is 30.0 Å². The Labute approximate surface area is 250 Å². The van der Waals surface area contributed by atoms with Crippen LogP contribution < -0.4 is 15.0 Å². The molecule has 12 heteroatoms. The fraction of sp³-hybridized carbons (Fsp3) is 0.290. The van der Waals surface area contributed by atoms with Gasteiger partial charge >= 0.3 is 6.09 Å². The summed E-state index contributed by atoms with van der Waals surface area (Å²) < 4.78 is 26.3. The monoisotopic (exact) mass is 599 g/mol. The number of amides is 3. The van der Waals surface area contributed by atoms with Crippen molar-refractivity contribution in [2.24, 2.45) is 5.92 Å². The number of halogens is 1. The van der Waals surface area contributed by atoms with Gasteiger partial charge in [-0.05, 0) is 74.9 Å². The molecule has 43 heavy (non-hydrogen) atoms. The molecule has 0 unspecified atom stereocenters. The number of hydrogen-bond donors (Lipinski definition) is 1. The lowest BCUT2D eigenvalue weighted by Crippen LogP contribution is -2.38. The Bertz CT molecular complexity index is 1830. The van der Waals surface area contributed by atoms with Crippen molar-refractivity contribution in [1.29, 1.82) is 5.26 Å². The summed E-state index contributed by atoms with van der Waals surface area (Å²) in [5, 5.41) is 12.9. The van der Waals surface area contributed by atoms with Gasteiger partial charge in [-0.1, -0.05) is 23.5 Å². The summed E-state index contributed by atoms with van der Waals surface area (Å²) in [4.78, 5) is 49.0. The van der Waals surface area contributed by atoms with Crippen molar-refractivity contribution in [2.75, 3.05) is 16.8 Å². The number of ether oxygens (including phenoxy) is 2. The van der Waals surface area contributed by atoms with Gasteiger partial charge in [0.15, 0.2) is 5.13 Å². The highest BCUT2D eigenvalue weighted by Crippen LogP contribution is 2.49. The average Bonchev–Trinajstić information content (AvgIpc) is 3.92. The second-order valence-electron chi connectivity index (χ2n) is 10.5. The van der Waals surface area contributed by atoms with Crippen LogP contribution in [0.2, 0.25) is 0 Å². The summed E-state index contributed by atoms with van der Waals surface area (Å²) in [5.74, 6) is -1.39. The van der Waals surface area contributed by atoms with Crippen LogP contribution in [0.25, 0.3) is 10.3 Å². The fourth-order valence-electron chi connectivity index (χ4n) is 4.86. The first kappa shape index (κ1) is 28.2. The van der Waals surface area contributed by atoms with Crippen LogP contribution in [0.4, 0.5) is 20.0 Å². The maximum Gasteiger partial charge on any atom is 0.421 e. The van der Waals surface area contributed by atoms with E-state index in [-0.39, 0.29) is 41.3 Å². The molecule has 6 rings (SSSR count). The molecule has 2 aliphatic rings. The quantitative estimate of drug-likeness (QED) is 0.238. The first-order valence-corrected chi connectivity index (χ1v) is 14.6. The molecular formula is C31H26FN5O5S. The number of nitriles is 1. The van der Waals surface area contributed by atoms with E-state index in [2.05, 4.69) is 21.4 Å². The van der Waals surface area contributed by atoms with E-state index >= 15 is 4.39 Å². The molecule has 0 spiro atoms. The molecule has 2 saturated carbocycles. The highest BCUT2D eigenvalue weighted by molar-refractivity contribution is 7.21. The van der Waals surface area contributed by atoms with Crippen molar-refractivity contribution >= 4 is 50.4 Å². The van der Waals surface area contributed by atoms with Gasteiger partial charge in [-0.15, -0.1) is 0 Å². The smallest absolute Gasteiger partial charge is 0.421 e. The summed E-state index contributed by atoms with van der Waals surface area (Å²) in [7, 11) is 0. The molecule has 0 aliphatic heterocycles. The lowest BCUT2D eigenvalue weighted by Gasteiger charge is -2.23. The maximum absolute atomic E-state index is 15.3. The number of imide groups is 1. The van der Waals surface area contributed by atoms with Crippen molar-refractivity contribution in [3.63, 3.8) is 0 Å². The first-order valence-electron chi connectivity index (χ1n) is 13.8. The molecule has 0 bridgehead atoms. The zero-order valence-corrected chi connectivity index (χ0v) is 24.2. The summed E-state index contributed by atoms with van der Waals surface area (Å²) in [6.07, 6.45) is 2.05. The Morgan fingerprint density at radius 1 is 1.16 bits per heavy atom. The number of nitrogens with one attached hydrogen (secondary N) is 1. The predicted molar refractivity (Wildman–Crippen MR) is 157 cm³/mol. The fourth-order valence-corrected chi connectivity index (χ4v) is 5.70. The summed E-state index contributed by atoms with van der Waals surface area (Å²) in [5.41, 5.74) is 0.953. The highest BCUT2D eigenvalue weighted by Gasteiger charge is 2.46. The number of benzene rings is 2. The third kappa shape index (κ3) is 5.51. The van der Waals surface area contributed by atoms with Gasteiger partial charge in [0.1, 0.15) is 21.9 Å².